The monoisotopic (exact) mass is 388 g/mol. The fraction of sp³-hybridized carbons (Fsp3) is 0.125. The Morgan fingerprint density at radius 1 is 1.00 bits per heavy atom. The maximum absolute atomic E-state index is 5.59. The molecular formula is C24H24N2OS. The van der Waals surface area contributed by atoms with Crippen LogP contribution in [0.25, 0.3) is 0 Å². The molecule has 0 fully saturated rings. The summed E-state index contributed by atoms with van der Waals surface area (Å²) >= 11 is 5.59. The Morgan fingerprint density at radius 2 is 1.68 bits per heavy atom. The molecule has 0 radical (unpaired) electrons. The molecule has 3 rings (SSSR count). The van der Waals surface area contributed by atoms with Crippen LogP contribution < -0.4 is 15.4 Å². The average Bonchev–Trinajstić information content (AvgIpc) is 2.73. The van der Waals surface area contributed by atoms with Crippen LogP contribution in [0, 0.1) is 6.92 Å². The summed E-state index contributed by atoms with van der Waals surface area (Å²) in [6, 6.07) is 26.3. The first-order chi connectivity index (χ1) is 13.7. The molecule has 0 spiro atoms. The molecule has 0 aliphatic rings. The topological polar surface area (TPSA) is 33.3 Å². The Kier molecular flexibility index (Phi) is 6.82. The molecule has 0 aliphatic heterocycles. The largest absolute Gasteiger partial charge is 0.490 e. The van der Waals surface area contributed by atoms with Gasteiger partial charge < -0.3 is 15.4 Å². The van der Waals surface area contributed by atoms with Crippen molar-refractivity contribution in [2.24, 2.45) is 0 Å². The van der Waals surface area contributed by atoms with Gasteiger partial charge in [-0.1, -0.05) is 67.3 Å². The number of benzene rings is 3. The Labute approximate surface area is 172 Å². The van der Waals surface area contributed by atoms with Crippen molar-refractivity contribution in [3.63, 3.8) is 0 Å². The third-order valence-electron chi connectivity index (χ3n) is 4.39. The number of rotatable bonds is 7. The summed E-state index contributed by atoms with van der Waals surface area (Å²) in [4.78, 5) is 0. The van der Waals surface area contributed by atoms with E-state index in [0.717, 1.165) is 17.0 Å². The molecule has 2 N–H and O–H groups in total. The van der Waals surface area contributed by atoms with E-state index in [2.05, 4.69) is 54.5 Å². The van der Waals surface area contributed by atoms with Gasteiger partial charge in [-0.05, 0) is 60.1 Å². The predicted octanol–water partition coefficient (Wildman–Crippen LogP) is 5.64. The van der Waals surface area contributed by atoms with Gasteiger partial charge in [-0.15, -0.1) is 0 Å². The van der Waals surface area contributed by atoms with Crippen LogP contribution in [0.4, 0.5) is 5.69 Å². The number of hydrogen-bond acceptors (Lipinski definition) is 2. The van der Waals surface area contributed by atoms with Crippen molar-refractivity contribution in [1.82, 2.24) is 5.32 Å². The lowest BCUT2D eigenvalue weighted by Gasteiger charge is -2.23. The first-order valence-electron chi connectivity index (χ1n) is 9.19. The summed E-state index contributed by atoms with van der Waals surface area (Å²) in [6.07, 6.45) is 1.72. The molecule has 0 saturated heterocycles. The fourth-order valence-electron chi connectivity index (χ4n) is 2.98. The van der Waals surface area contributed by atoms with Crippen molar-refractivity contribution >= 4 is 23.0 Å². The normalized spacial score (nSPS) is 11.3. The van der Waals surface area contributed by atoms with E-state index in [-0.39, 0.29) is 6.04 Å². The van der Waals surface area contributed by atoms with E-state index in [0.29, 0.717) is 11.7 Å². The Balaban J connectivity index is 1.75. The van der Waals surface area contributed by atoms with Crippen molar-refractivity contribution in [3.05, 3.63) is 108 Å². The summed E-state index contributed by atoms with van der Waals surface area (Å²) in [7, 11) is 0. The fourth-order valence-corrected chi connectivity index (χ4v) is 3.22. The molecule has 28 heavy (non-hydrogen) atoms. The third kappa shape index (κ3) is 5.21. The summed E-state index contributed by atoms with van der Waals surface area (Å²) in [5.74, 6) is 0.798. The van der Waals surface area contributed by atoms with Gasteiger partial charge in [0.25, 0.3) is 0 Å². The van der Waals surface area contributed by atoms with Crippen molar-refractivity contribution in [2.75, 3.05) is 11.9 Å². The van der Waals surface area contributed by atoms with Gasteiger partial charge in [0.2, 0.25) is 0 Å². The highest BCUT2D eigenvalue weighted by molar-refractivity contribution is 7.80. The zero-order chi connectivity index (χ0) is 19.8. The molecule has 1 atom stereocenters. The maximum atomic E-state index is 5.59. The lowest BCUT2D eigenvalue weighted by Crippen LogP contribution is -2.33. The van der Waals surface area contributed by atoms with Crippen LogP contribution in [0.5, 0.6) is 5.75 Å². The highest BCUT2D eigenvalue weighted by atomic mass is 32.1. The van der Waals surface area contributed by atoms with E-state index in [1.54, 1.807) is 6.08 Å². The van der Waals surface area contributed by atoms with Crippen LogP contribution in [0.15, 0.2) is 91.5 Å². The lowest BCUT2D eigenvalue weighted by atomic mass is 9.95. The minimum absolute atomic E-state index is 0.0300. The molecule has 0 saturated carbocycles. The molecule has 0 heterocycles. The van der Waals surface area contributed by atoms with Gasteiger partial charge in [0.1, 0.15) is 12.4 Å². The molecule has 142 valence electrons. The number of nitrogens with one attached hydrogen (secondary N) is 2. The number of aryl methyl sites for hydroxylation is 1. The van der Waals surface area contributed by atoms with Gasteiger partial charge >= 0.3 is 0 Å². The smallest absolute Gasteiger partial charge is 0.171 e. The van der Waals surface area contributed by atoms with Crippen molar-refractivity contribution < 1.29 is 4.74 Å². The van der Waals surface area contributed by atoms with Crippen LogP contribution >= 0.6 is 12.2 Å². The summed E-state index contributed by atoms with van der Waals surface area (Å²) in [6.45, 7) is 6.26. The van der Waals surface area contributed by atoms with E-state index >= 15 is 0 Å². The molecule has 3 aromatic carbocycles. The molecule has 0 bridgehead atoms. The summed E-state index contributed by atoms with van der Waals surface area (Å²) in [5.41, 5.74) is 4.48. The second-order valence-corrected chi connectivity index (χ2v) is 6.83. The van der Waals surface area contributed by atoms with Gasteiger partial charge in [-0.25, -0.2) is 0 Å². The maximum Gasteiger partial charge on any atom is 0.171 e. The van der Waals surface area contributed by atoms with Gasteiger partial charge in [0, 0.05) is 5.69 Å². The van der Waals surface area contributed by atoms with Crippen LogP contribution in [0.1, 0.15) is 22.7 Å². The highest BCUT2D eigenvalue weighted by Gasteiger charge is 2.16. The Bertz CT molecular complexity index is 923. The molecule has 3 aromatic rings. The SMILES string of the molecule is C=CCOc1ccc(NC(=S)N[C@@H](c2ccccc2)c2ccccc2C)cc1. The lowest BCUT2D eigenvalue weighted by molar-refractivity contribution is 0.363. The Morgan fingerprint density at radius 3 is 2.36 bits per heavy atom. The van der Waals surface area contributed by atoms with Crippen LogP contribution in [0.3, 0.4) is 0 Å². The minimum Gasteiger partial charge on any atom is -0.490 e. The second-order valence-electron chi connectivity index (χ2n) is 6.42. The van der Waals surface area contributed by atoms with E-state index in [4.69, 9.17) is 17.0 Å². The third-order valence-corrected chi connectivity index (χ3v) is 4.61. The second kappa shape index (κ2) is 9.72. The molecule has 4 heteroatoms. The number of thiocarbonyl (C=S) groups is 1. The molecule has 3 nitrogen and oxygen atoms in total. The number of hydrogen-bond donors (Lipinski definition) is 2. The van der Waals surface area contributed by atoms with Gasteiger partial charge in [-0.2, -0.15) is 0 Å². The van der Waals surface area contributed by atoms with E-state index in [1.807, 2.05) is 48.5 Å². The van der Waals surface area contributed by atoms with E-state index in [9.17, 15) is 0 Å². The summed E-state index contributed by atoms with van der Waals surface area (Å²) in [5, 5.41) is 7.29. The molecule has 0 aliphatic carbocycles. The standard InChI is InChI=1S/C24H24N2OS/c1-3-17-27-21-15-13-20(14-16-21)25-24(28)26-23(19-10-5-4-6-11-19)22-12-8-7-9-18(22)2/h3-16,23H,1,17H2,2H3,(H2,25,26,28)/t23-/m0/s1. The number of anilines is 1. The van der Waals surface area contributed by atoms with Crippen LogP contribution in [-0.2, 0) is 0 Å². The average molecular weight is 389 g/mol. The number of ether oxygens (including phenoxy) is 1. The van der Waals surface area contributed by atoms with Crippen molar-refractivity contribution in [2.45, 2.75) is 13.0 Å². The first kappa shape index (κ1) is 19.6. The van der Waals surface area contributed by atoms with Gasteiger partial charge in [0.05, 0.1) is 6.04 Å². The summed E-state index contributed by atoms with van der Waals surface area (Å²) < 4.78 is 5.51. The quantitative estimate of drug-likeness (QED) is 0.406. The van der Waals surface area contributed by atoms with Crippen molar-refractivity contribution in [1.29, 1.82) is 0 Å². The van der Waals surface area contributed by atoms with Crippen molar-refractivity contribution in [3.8, 4) is 5.75 Å². The van der Waals surface area contributed by atoms with Crippen LogP contribution in [0.2, 0.25) is 0 Å². The van der Waals surface area contributed by atoms with E-state index in [1.165, 1.54) is 11.1 Å². The molecule has 0 unspecified atom stereocenters. The zero-order valence-electron chi connectivity index (χ0n) is 15.9. The van der Waals surface area contributed by atoms with Gasteiger partial charge in [0.15, 0.2) is 5.11 Å². The predicted molar refractivity (Wildman–Crippen MR) is 121 cm³/mol. The zero-order valence-corrected chi connectivity index (χ0v) is 16.7. The van der Waals surface area contributed by atoms with E-state index < -0.39 is 0 Å². The van der Waals surface area contributed by atoms with Gasteiger partial charge in [-0.3, -0.25) is 0 Å². The highest BCUT2D eigenvalue weighted by Crippen LogP contribution is 2.25. The molecule has 0 amide bonds. The van der Waals surface area contributed by atoms with Crippen LogP contribution in [-0.4, -0.2) is 11.7 Å². The minimum atomic E-state index is -0.0300. The molecule has 0 aromatic heterocycles. The first-order valence-corrected chi connectivity index (χ1v) is 9.60. The molecular weight excluding hydrogens is 364 g/mol. The Hall–Kier alpha value is -3.11.